The molecule has 0 saturated carbocycles. The Morgan fingerprint density at radius 3 is 2.90 bits per heavy atom. The first kappa shape index (κ1) is 19.5. The van der Waals surface area contributed by atoms with E-state index in [1.54, 1.807) is 23.0 Å². The van der Waals surface area contributed by atoms with E-state index < -0.39 is 0 Å². The number of benzene rings is 1. The van der Waals surface area contributed by atoms with Crippen molar-refractivity contribution < 1.29 is 9.21 Å². The van der Waals surface area contributed by atoms with Gasteiger partial charge in [-0.3, -0.25) is 14.2 Å². The fourth-order valence-corrected chi connectivity index (χ4v) is 4.55. The quantitative estimate of drug-likeness (QED) is 0.372. The third-order valence-electron chi connectivity index (χ3n) is 4.64. The minimum atomic E-state index is -0.154. The van der Waals surface area contributed by atoms with Crippen molar-refractivity contribution in [2.75, 3.05) is 5.75 Å². The van der Waals surface area contributed by atoms with Crippen molar-refractivity contribution in [1.82, 2.24) is 14.9 Å². The van der Waals surface area contributed by atoms with E-state index in [9.17, 15) is 9.59 Å². The Morgan fingerprint density at radius 1 is 1.24 bits per heavy atom. The van der Waals surface area contributed by atoms with Crippen LogP contribution in [0, 0.1) is 13.8 Å². The molecule has 1 aromatic carbocycles. The lowest BCUT2D eigenvalue weighted by molar-refractivity contribution is -0.118. The number of hydrogen-bond donors (Lipinski definition) is 1. The summed E-state index contributed by atoms with van der Waals surface area (Å²) in [5, 5.41) is 5.18. The van der Waals surface area contributed by atoms with Gasteiger partial charge >= 0.3 is 0 Å². The highest BCUT2D eigenvalue weighted by atomic mass is 32.2. The highest BCUT2D eigenvalue weighted by Gasteiger charge is 2.17. The van der Waals surface area contributed by atoms with Gasteiger partial charge in [0.25, 0.3) is 5.56 Å². The van der Waals surface area contributed by atoms with Crippen LogP contribution in [0.15, 0.2) is 62.4 Å². The normalized spacial score (nSPS) is 11.1. The fourth-order valence-electron chi connectivity index (χ4n) is 2.96. The summed E-state index contributed by atoms with van der Waals surface area (Å²) in [5.74, 6) is 0.681. The van der Waals surface area contributed by atoms with Gasteiger partial charge < -0.3 is 9.73 Å². The molecule has 0 aliphatic heterocycles. The van der Waals surface area contributed by atoms with Gasteiger partial charge in [-0.2, -0.15) is 0 Å². The van der Waals surface area contributed by atoms with E-state index in [1.807, 2.05) is 43.5 Å². The molecular weight excluding hydrogens is 406 g/mol. The van der Waals surface area contributed by atoms with Crippen molar-refractivity contribution in [2.45, 2.75) is 25.5 Å². The van der Waals surface area contributed by atoms with Gasteiger partial charge in [0, 0.05) is 0 Å². The number of rotatable bonds is 6. The number of nitrogens with zero attached hydrogens (tertiary/aromatic N) is 2. The lowest BCUT2D eigenvalue weighted by Gasteiger charge is -2.15. The molecule has 6 nitrogen and oxygen atoms in total. The summed E-state index contributed by atoms with van der Waals surface area (Å²) in [6.45, 7) is 4.32. The summed E-state index contributed by atoms with van der Waals surface area (Å²) in [4.78, 5) is 30.2. The number of fused-ring (bicyclic) bond motifs is 1. The van der Waals surface area contributed by atoms with Crippen LogP contribution < -0.4 is 10.9 Å². The van der Waals surface area contributed by atoms with Gasteiger partial charge in [0.15, 0.2) is 5.16 Å². The van der Waals surface area contributed by atoms with Gasteiger partial charge in [-0.1, -0.05) is 23.9 Å². The number of furan rings is 1. The molecule has 29 heavy (non-hydrogen) atoms. The maximum atomic E-state index is 13.2. The number of aryl methyl sites for hydroxylation is 1. The van der Waals surface area contributed by atoms with Crippen molar-refractivity contribution in [3.05, 3.63) is 75.3 Å². The monoisotopic (exact) mass is 425 g/mol. The highest BCUT2D eigenvalue weighted by Crippen LogP contribution is 2.26. The number of hydrogen-bond acceptors (Lipinski definition) is 6. The van der Waals surface area contributed by atoms with Gasteiger partial charge in [-0.15, -0.1) is 11.3 Å². The number of carbonyl (C=O) groups excluding carboxylic acids is 1. The Labute approximate surface area is 175 Å². The summed E-state index contributed by atoms with van der Waals surface area (Å²) < 4.78 is 7.45. The van der Waals surface area contributed by atoms with E-state index in [1.165, 1.54) is 23.1 Å². The molecule has 0 radical (unpaired) electrons. The average Bonchev–Trinajstić information content (AvgIpc) is 3.39. The van der Waals surface area contributed by atoms with Crippen LogP contribution in [0.4, 0.5) is 0 Å². The number of nitrogens with one attached hydrogen (secondary N) is 1. The number of carbonyl (C=O) groups is 1. The minimum absolute atomic E-state index is 0.114. The second-order valence-corrected chi connectivity index (χ2v) is 8.39. The Balaban J connectivity index is 1.65. The molecule has 0 fully saturated rings. The van der Waals surface area contributed by atoms with Crippen LogP contribution in [-0.4, -0.2) is 21.2 Å². The zero-order valence-electron chi connectivity index (χ0n) is 16.0. The van der Waals surface area contributed by atoms with Crippen LogP contribution in [0.2, 0.25) is 0 Å². The maximum absolute atomic E-state index is 13.2. The topological polar surface area (TPSA) is 77.1 Å². The van der Waals surface area contributed by atoms with Crippen LogP contribution in [0.25, 0.3) is 15.9 Å². The summed E-state index contributed by atoms with van der Waals surface area (Å²) in [6.07, 6.45) is 1.57. The molecule has 0 aliphatic carbocycles. The minimum Gasteiger partial charge on any atom is -0.467 e. The molecule has 1 N–H and O–H groups in total. The molecule has 0 spiro atoms. The maximum Gasteiger partial charge on any atom is 0.276 e. The van der Waals surface area contributed by atoms with Gasteiger partial charge in [0.1, 0.15) is 10.5 Å². The number of thiophene rings is 1. The molecule has 0 atom stereocenters. The van der Waals surface area contributed by atoms with E-state index >= 15 is 0 Å². The lowest BCUT2D eigenvalue weighted by atomic mass is 10.1. The molecule has 4 aromatic rings. The summed E-state index contributed by atoms with van der Waals surface area (Å²) >= 11 is 2.63. The average molecular weight is 426 g/mol. The predicted octanol–water partition coefficient (Wildman–Crippen LogP) is 4.07. The molecule has 4 rings (SSSR count). The van der Waals surface area contributed by atoms with Crippen LogP contribution in [0.1, 0.15) is 16.9 Å². The number of aromatic nitrogens is 2. The largest absolute Gasteiger partial charge is 0.467 e. The number of amides is 1. The van der Waals surface area contributed by atoms with Crippen molar-refractivity contribution in [2.24, 2.45) is 0 Å². The molecule has 0 aliphatic rings. The highest BCUT2D eigenvalue weighted by molar-refractivity contribution is 7.99. The van der Waals surface area contributed by atoms with Crippen molar-refractivity contribution >= 4 is 39.2 Å². The molecule has 148 valence electrons. The smallest absolute Gasteiger partial charge is 0.276 e. The van der Waals surface area contributed by atoms with E-state index in [2.05, 4.69) is 10.3 Å². The molecule has 0 saturated heterocycles. The van der Waals surface area contributed by atoms with Crippen LogP contribution in [-0.2, 0) is 11.3 Å². The Morgan fingerprint density at radius 2 is 2.10 bits per heavy atom. The summed E-state index contributed by atoms with van der Waals surface area (Å²) in [7, 11) is 0. The Kier molecular flexibility index (Phi) is 5.55. The SMILES string of the molecule is Cc1cccc(-n2c(SCC(=O)NCc3ccco3)nc3ccsc3c2=O)c1C. The Bertz CT molecular complexity index is 1230. The predicted molar refractivity (Wildman–Crippen MR) is 116 cm³/mol. The van der Waals surface area contributed by atoms with Gasteiger partial charge in [-0.05, 0) is 54.6 Å². The van der Waals surface area contributed by atoms with E-state index in [-0.39, 0.29) is 17.2 Å². The summed E-state index contributed by atoms with van der Waals surface area (Å²) in [6, 6.07) is 11.3. The molecular formula is C21H19N3O3S2. The van der Waals surface area contributed by atoms with E-state index in [0.717, 1.165) is 16.8 Å². The van der Waals surface area contributed by atoms with Crippen molar-refractivity contribution in [1.29, 1.82) is 0 Å². The first-order valence-corrected chi connectivity index (χ1v) is 10.9. The zero-order valence-corrected chi connectivity index (χ0v) is 17.6. The molecule has 0 unspecified atom stereocenters. The summed E-state index contributed by atoms with van der Waals surface area (Å²) in [5.41, 5.74) is 3.43. The van der Waals surface area contributed by atoms with Crippen LogP contribution in [0.3, 0.4) is 0 Å². The first-order valence-electron chi connectivity index (χ1n) is 9.03. The molecule has 8 heteroatoms. The molecule has 3 aromatic heterocycles. The Hall–Kier alpha value is -2.84. The second-order valence-electron chi connectivity index (χ2n) is 6.53. The fraction of sp³-hybridized carbons (Fsp3) is 0.190. The van der Waals surface area contributed by atoms with E-state index in [0.29, 0.717) is 27.7 Å². The van der Waals surface area contributed by atoms with Gasteiger partial charge in [-0.25, -0.2) is 4.98 Å². The molecule has 1 amide bonds. The van der Waals surface area contributed by atoms with Gasteiger partial charge in [0.2, 0.25) is 5.91 Å². The molecule has 3 heterocycles. The van der Waals surface area contributed by atoms with Crippen LogP contribution in [0.5, 0.6) is 0 Å². The lowest BCUT2D eigenvalue weighted by Crippen LogP contribution is -2.26. The zero-order chi connectivity index (χ0) is 20.4. The standard InChI is InChI=1S/C21H19N3O3S2/c1-13-5-3-7-17(14(13)2)24-20(26)19-16(8-10-28-19)23-21(24)29-12-18(25)22-11-15-6-4-9-27-15/h3-10H,11-12H2,1-2H3,(H,22,25). The van der Waals surface area contributed by atoms with E-state index in [4.69, 9.17) is 4.42 Å². The van der Waals surface area contributed by atoms with Gasteiger partial charge in [0.05, 0.1) is 29.8 Å². The van der Waals surface area contributed by atoms with Crippen LogP contribution >= 0.6 is 23.1 Å². The van der Waals surface area contributed by atoms with Crippen molar-refractivity contribution in [3.8, 4) is 5.69 Å². The van der Waals surface area contributed by atoms with Crippen molar-refractivity contribution in [3.63, 3.8) is 0 Å². The second kappa shape index (κ2) is 8.26. The third kappa shape index (κ3) is 3.99. The third-order valence-corrected chi connectivity index (χ3v) is 6.47. The first-order chi connectivity index (χ1) is 14.0. The number of thioether (sulfide) groups is 1. The molecule has 0 bridgehead atoms.